The fraction of sp³-hybridized carbons (Fsp3) is 0.786. The van der Waals surface area contributed by atoms with Crippen LogP contribution in [-0.2, 0) is 11.2 Å². The zero-order valence-electron chi connectivity index (χ0n) is 11.2. The van der Waals surface area contributed by atoms with Crippen LogP contribution in [0.4, 0.5) is 0 Å². The number of aromatic nitrogens is 1. The zero-order chi connectivity index (χ0) is 12.5. The topological polar surface area (TPSA) is 34.1 Å². The summed E-state index contributed by atoms with van der Waals surface area (Å²) in [5.41, 5.74) is 1.31. The fourth-order valence-corrected chi connectivity index (χ4v) is 4.24. The van der Waals surface area contributed by atoms with Gasteiger partial charge in [0.2, 0.25) is 0 Å². The molecule has 0 spiro atoms. The monoisotopic (exact) mass is 266 g/mol. The summed E-state index contributed by atoms with van der Waals surface area (Å²) in [7, 11) is 1.82. The molecule has 18 heavy (non-hydrogen) atoms. The van der Waals surface area contributed by atoms with E-state index in [1.165, 1.54) is 47.7 Å². The van der Waals surface area contributed by atoms with Gasteiger partial charge in [-0.25, -0.2) is 4.98 Å². The van der Waals surface area contributed by atoms with Crippen molar-refractivity contribution in [2.75, 3.05) is 13.7 Å². The maximum Gasteiger partial charge on any atom is 0.122 e. The molecule has 0 aliphatic heterocycles. The van der Waals surface area contributed by atoms with E-state index in [9.17, 15) is 0 Å². The summed E-state index contributed by atoms with van der Waals surface area (Å²) in [6, 6.07) is 0.473. The second-order valence-corrected chi connectivity index (χ2v) is 6.47. The molecular weight excluding hydrogens is 244 g/mol. The van der Waals surface area contributed by atoms with Crippen molar-refractivity contribution in [2.45, 2.75) is 51.2 Å². The average molecular weight is 266 g/mol. The lowest BCUT2D eigenvalue weighted by atomic mass is 9.97. The Morgan fingerprint density at radius 2 is 2.28 bits per heavy atom. The first-order valence-corrected chi connectivity index (χ1v) is 7.90. The van der Waals surface area contributed by atoms with E-state index in [1.54, 1.807) is 0 Å². The van der Waals surface area contributed by atoms with E-state index in [4.69, 9.17) is 9.72 Å². The molecule has 100 valence electrons. The Morgan fingerprint density at radius 3 is 2.94 bits per heavy atom. The van der Waals surface area contributed by atoms with Gasteiger partial charge in [0.25, 0.3) is 0 Å². The molecule has 2 atom stereocenters. The van der Waals surface area contributed by atoms with E-state index >= 15 is 0 Å². The van der Waals surface area contributed by atoms with Gasteiger partial charge in [-0.2, -0.15) is 0 Å². The van der Waals surface area contributed by atoms with Crippen LogP contribution < -0.4 is 5.32 Å². The third-order valence-corrected chi connectivity index (χ3v) is 5.16. The molecule has 0 aromatic carbocycles. The summed E-state index contributed by atoms with van der Waals surface area (Å²) in [4.78, 5) is 6.40. The highest BCUT2D eigenvalue weighted by atomic mass is 32.1. The maximum absolute atomic E-state index is 5.66. The van der Waals surface area contributed by atoms with Crippen LogP contribution in [0.15, 0.2) is 0 Å². The normalized spacial score (nSPS) is 24.9. The molecule has 2 unspecified atom stereocenters. The summed E-state index contributed by atoms with van der Waals surface area (Å²) in [5.74, 6) is 0.722. The minimum absolute atomic E-state index is 0.253. The Bertz CT molecular complexity index is 414. The van der Waals surface area contributed by atoms with Crippen LogP contribution in [0.25, 0.3) is 0 Å². The van der Waals surface area contributed by atoms with Crippen LogP contribution in [0.1, 0.15) is 60.3 Å². The Morgan fingerprint density at radius 1 is 1.44 bits per heavy atom. The highest BCUT2D eigenvalue weighted by molar-refractivity contribution is 7.11. The third-order valence-electron chi connectivity index (χ3n) is 3.97. The smallest absolute Gasteiger partial charge is 0.122 e. The van der Waals surface area contributed by atoms with Crippen molar-refractivity contribution in [3.8, 4) is 0 Å². The van der Waals surface area contributed by atoms with Crippen molar-refractivity contribution in [1.82, 2.24) is 10.3 Å². The van der Waals surface area contributed by atoms with Gasteiger partial charge in [-0.15, -0.1) is 11.3 Å². The van der Waals surface area contributed by atoms with E-state index in [1.807, 2.05) is 18.4 Å². The number of rotatable bonds is 5. The van der Waals surface area contributed by atoms with Gasteiger partial charge in [0.1, 0.15) is 11.1 Å². The Labute approximate surface area is 113 Å². The Balaban J connectivity index is 1.85. The predicted octanol–water partition coefficient (Wildman–Crippen LogP) is 3.23. The molecule has 0 bridgehead atoms. The first kappa shape index (κ1) is 12.6. The van der Waals surface area contributed by atoms with Crippen molar-refractivity contribution in [2.24, 2.45) is 5.92 Å². The first-order chi connectivity index (χ1) is 8.83. The summed E-state index contributed by atoms with van der Waals surface area (Å²) in [6.45, 7) is 3.19. The molecule has 3 nitrogen and oxygen atoms in total. The van der Waals surface area contributed by atoms with Crippen LogP contribution in [0.3, 0.4) is 0 Å². The van der Waals surface area contributed by atoms with Crippen LogP contribution in [0, 0.1) is 5.92 Å². The molecule has 4 heteroatoms. The number of ether oxygens (including phenoxy) is 1. The number of hydrogen-bond acceptors (Lipinski definition) is 4. The Hall–Kier alpha value is -0.450. The van der Waals surface area contributed by atoms with Gasteiger partial charge in [0.05, 0.1) is 11.7 Å². The van der Waals surface area contributed by atoms with E-state index in [0.29, 0.717) is 6.04 Å². The van der Waals surface area contributed by atoms with Gasteiger partial charge in [0, 0.05) is 12.0 Å². The average Bonchev–Trinajstić information content (AvgIpc) is 3.10. The SMILES string of the molecule is CCNC1CCCc2sc(C(OC)C3CC3)nc21. The minimum atomic E-state index is 0.253. The molecule has 0 amide bonds. The van der Waals surface area contributed by atoms with Crippen molar-refractivity contribution >= 4 is 11.3 Å². The van der Waals surface area contributed by atoms with E-state index < -0.39 is 0 Å². The van der Waals surface area contributed by atoms with Gasteiger partial charge in [-0.1, -0.05) is 6.92 Å². The lowest BCUT2D eigenvalue weighted by Crippen LogP contribution is -2.24. The van der Waals surface area contributed by atoms with Crippen LogP contribution in [-0.4, -0.2) is 18.6 Å². The molecule has 3 rings (SSSR count). The largest absolute Gasteiger partial charge is 0.374 e. The predicted molar refractivity (Wildman–Crippen MR) is 73.9 cm³/mol. The molecule has 2 aliphatic rings. The molecule has 1 saturated carbocycles. The molecule has 1 aromatic heterocycles. The molecule has 1 heterocycles. The van der Waals surface area contributed by atoms with E-state index in [-0.39, 0.29) is 6.10 Å². The third kappa shape index (κ3) is 2.33. The maximum atomic E-state index is 5.66. The van der Waals surface area contributed by atoms with E-state index in [2.05, 4.69) is 12.2 Å². The lowest BCUT2D eigenvalue weighted by molar-refractivity contribution is 0.0842. The van der Waals surface area contributed by atoms with Crippen molar-refractivity contribution < 1.29 is 4.74 Å². The lowest BCUT2D eigenvalue weighted by Gasteiger charge is -2.21. The number of hydrogen-bond donors (Lipinski definition) is 1. The van der Waals surface area contributed by atoms with Crippen molar-refractivity contribution in [3.05, 3.63) is 15.6 Å². The molecule has 1 aromatic rings. The summed E-state index contributed by atoms with van der Waals surface area (Å²) in [5, 5.41) is 4.78. The summed E-state index contributed by atoms with van der Waals surface area (Å²) >= 11 is 1.89. The van der Waals surface area contributed by atoms with Crippen LogP contribution >= 0.6 is 11.3 Å². The number of thiazole rings is 1. The highest BCUT2D eigenvalue weighted by Gasteiger charge is 2.36. The quantitative estimate of drug-likeness (QED) is 0.888. The Kier molecular flexibility index (Phi) is 3.68. The van der Waals surface area contributed by atoms with Gasteiger partial charge in [-0.3, -0.25) is 0 Å². The minimum Gasteiger partial charge on any atom is -0.374 e. The number of nitrogens with one attached hydrogen (secondary N) is 1. The second kappa shape index (κ2) is 5.27. The van der Waals surface area contributed by atoms with Gasteiger partial charge < -0.3 is 10.1 Å². The molecule has 1 N–H and O–H groups in total. The van der Waals surface area contributed by atoms with Crippen LogP contribution in [0.5, 0.6) is 0 Å². The van der Waals surface area contributed by atoms with Crippen molar-refractivity contribution in [3.63, 3.8) is 0 Å². The van der Waals surface area contributed by atoms with Gasteiger partial charge in [0.15, 0.2) is 0 Å². The molecule has 0 radical (unpaired) electrons. The summed E-state index contributed by atoms with van der Waals surface area (Å²) < 4.78 is 5.66. The number of fused-ring (bicyclic) bond motifs is 1. The second-order valence-electron chi connectivity index (χ2n) is 5.36. The first-order valence-electron chi connectivity index (χ1n) is 7.09. The van der Waals surface area contributed by atoms with E-state index in [0.717, 1.165) is 12.5 Å². The summed E-state index contributed by atoms with van der Waals surface area (Å²) in [6.07, 6.45) is 6.58. The molecule has 0 saturated heterocycles. The number of methoxy groups -OCH3 is 1. The van der Waals surface area contributed by atoms with Gasteiger partial charge >= 0.3 is 0 Å². The zero-order valence-corrected chi connectivity index (χ0v) is 12.1. The van der Waals surface area contributed by atoms with Gasteiger partial charge in [-0.05, 0) is 44.6 Å². The van der Waals surface area contributed by atoms with Crippen molar-refractivity contribution in [1.29, 1.82) is 0 Å². The molecule has 1 fully saturated rings. The number of nitrogens with zero attached hydrogens (tertiary/aromatic N) is 1. The van der Waals surface area contributed by atoms with Crippen LogP contribution in [0.2, 0.25) is 0 Å². The fourth-order valence-electron chi connectivity index (χ4n) is 2.90. The molecule has 2 aliphatic carbocycles. The standard InChI is InChI=1S/C14H22N2OS/c1-3-15-10-5-4-6-11-12(10)16-14(18-11)13(17-2)9-7-8-9/h9-10,13,15H,3-8H2,1-2H3. The number of aryl methyl sites for hydroxylation is 1. The molecular formula is C14H22N2OS. The highest BCUT2D eigenvalue weighted by Crippen LogP contribution is 2.45.